The molecule has 0 bridgehead atoms. The van der Waals surface area contributed by atoms with Crippen LogP contribution in [-0.2, 0) is 19.6 Å². The van der Waals surface area contributed by atoms with Crippen molar-refractivity contribution in [1.29, 1.82) is 0 Å². The van der Waals surface area contributed by atoms with E-state index in [1.165, 1.54) is 12.1 Å². The minimum absolute atomic E-state index is 0. The standard InChI is InChI=1S/C23H25FN4O.HI/c1-25-23(27-15-13-18-9-11-21(24)12-10-18)28-16-20-8-5-14-26-22(20)29-17-19-6-3-2-4-7-19;/h2-12,14H,13,15-17H2,1H3,(H2,25,27,28);1H. The summed E-state index contributed by atoms with van der Waals surface area (Å²) in [6.07, 6.45) is 2.50. The highest BCUT2D eigenvalue weighted by Gasteiger charge is 2.06. The number of hydrogen-bond donors (Lipinski definition) is 2. The van der Waals surface area contributed by atoms with Crippen molar-refractivity contribution in [2.75, 3.05) is 13.6 Å². The molecule has 0 aliphatic rings. The highest BCUT2D eigenvalue weighted by molar-refractivity contribution is 14.0. The first-order valence-corrected chi connectivity index (χ1v) is 9.54. The number of halogens is 2. The molecule has 2 aromatic carbocycles. The molecule has 0 amide bonds. The van der Waals surface area contributed by atoms with E-state index in [0.717, 1.165) is 23.1 Å². The largest absolute Gasteiger partial charge is 0.473 e. The fraction of sp³-hybridized carbons (Fsp3) is 0.217. The zero-order valence-corrected chi connectivity index (χ0v) is 19.2. The lowest BCUT2D eigenvalue weighted by Gasteiger charge is -2.14. The van der Waals surface area contributed by atoms with E-state index in [2.05, 4.69) is 20.6 Å². The number of guanidine groups is 1. The first-order chi connectivity index (χ1) is 14.2. The van der Waals surface area contributed by atoms with Crippen molar-refractivity contribution in [1.82, 2.24) is 15.6 Å². The summed E-state index contributed by atoms with van der Waals surface area (Å²) in [5.41, 5.74) is 3.11. The van der Waals surface area contributed by atoms with Gasteiger partial charge in [0.05, 0.1) is 0 Å². The van der Waals surface area contributed by atoms with Gasteiger partial charge >= 0.3 is 0 Å². The molecular weight excluding hydrogens is 494 g/mol. The van der Waals surface area contributed by atoms with Gasteiger partial charge in [-0.3, -0.25) is 4.99 Å². The quantitative estimate of drug-likeness (QED) is 0.264. The number of aliphatic imine (C=N–C) groups is 1. The molecule has 2 N–H and O–H groups in total. The van der Waals surface area contributed by atoms with Gasteiger partial charge in [-0.05, 0) is 35.7 Å². The molecule has 7 heteroatoms. The van der Waals surface area contributed by atoms with Gasteiger partial charge in [0.1, 0.15) is 12.4 Å². The molecule has 1 aromatic heterocycles. The van der Waals surface area contributed by atoms with Crippen molar-refractivity contribution in [3.05, 3.63) is 95.4 Å². The predicted octanol–water partition coefficient (Wildman–Crippen LogP) is 4.33. The van der Waals surface area contributed by atoms with Gasteiger partial charge in [0.15, 0.2) is 5.96 Å². The van der Waals surface area contributed by atoms with Gasteiger partial charge in [-0.25, -0.2) is 9.37 Å². The Morgan fingerprint density at radius 3 is 2.47 bits per heavy atom. The van der Waals surface area contributed by atoms with E-state index in [4.69, 9.17) is 4.74 Å². The van der Waals surface area contributed by atoms with Crippen molar-refractivity contribution in [2.24, 2.45) is 4.99 Å². The minimum atomic E-state index is -0.221. The van der Waals surface area contributed by atoms with Gasteiger partial charge in [0, 0.05) is 31.9 Å². The van der Waals surface area contributed by atoms with Crippen LogP contribution in [0, 0.1) is 5.82 Å². The van der Waals surface area contributed by atoms with Crippen molar-refractivity contribution >= 4 is 29.9 Å². The topological polar surface area (TPSA) is 58.5 Å². The van der Waals surface area contributed by atoms with Crippen LogP contribution in [0.5, 0.6) is 5.88 Å². The molecule has 3 aromatic rings. The second kappa shape index (κ2) is 12.8. The summed E-state index contributed by atoms with van der Waals surface area (Å²) < 4.78 is 18.9. The Morgan fingerprint density at radius 1 is 0.967 bits per heavy atom. The molecule has 0 aliphatic carbocycles. The lowest BCUT2D eigenvalue weighted by Crippen LogP contribution is -2.38. The Balaban J connectivity index is 0.00000320. The second-order valence-corrected chi connectivity index (χ2v) is 6.47. The van der Waals surface area contributed by atoms with E-state index in [1.807, 2.05) is 42.5 Å². The van der Waals surface area contributed by atoms with Gasteiger partial charge in [0.2, 0.25) is 5.88 Å². The van der Waals surface area contributed by atoms with Crippen LogP contribution in [0.4, 0.5) is 4.39 Å². The van der Waals surface area contributed by atoms with Crippen molar-refractivity contribution in [3.63, 3.8) is 0 Å². The zero-order valence-electron chi connectivity index (χ0n) is 16.8. The Hall–Kier alpha value is -2.68. The number of hydrogen-bond acceptors (Lipinski definition) is 3. The zero-order chi connectivity index (χ0) is 20.3. The van der Waals surface area contributed by atoms with Gasteiger partial charge in [-0.1, -0.05) is 48.5 Å². The molecule has 5 nitrogen and oxygen atoms in total. The molecule has 0 aliphatic heterocycles. The van der Waals surface area contributed by atoms with Crippen LogP contribution in [0.25, 0.3) is 0 Å². The number of ether oxygens (including phenoxy) is 1. The van der Waals surface area contributed by atoms with E-state index in [-0.39, 0.29) is 29.8 Å². The molecular formula is C23H26FIN4O. The van der Waals surface area contributed by atoms with E-state index in [0.29, 0.717) is 31.5 Å². The number of nitrogens with one attached hydrogen (secondary N) is 2. The smallest absolute Gasteiger partial charge is 0.218 e. The monoisotopic (exact) mass is 520 g/mol. The Labute approximate surface area is 193 Å². The van der Waals surface area contributed by atoms with Gasteiger partial charge in [-0.15, -0.1) is 24.0 Å². The predicted molar refractivity (Wildman–Crippen MR) is 129 cm³/mol. The number of nitrogens with zero attached hydrogens (tertiary/aromatic N) is 2. The summed E-state index contributed by atoms with van der Waals surface area (Å²) in [5, 5.41) is 6.54. The van der Waals surface area contributed by atoms with Crippen molar-refractivity contribution < 1.29 is 9.13 Å². The number of benzene rings is 2. The lowest BCUT2D eigenvalue weighted by molar-refractivity contribution is 0.290. The van der Waals surface area contributed by atoms with Crippen LogP contribution in [-0.4, -0.2) is 24.5 Å². The Morgan fingerprint density at radius 2 is 1.73 bits per heavy atom. The molecule has 0 spiro atoms. The Bertz CT molecular complexity index is 920. The molecule has 3 rings (SSSR count). The molecule has 0 fully saturated rings. The fourth-order valence-electron chi connectivity index (χ4n) is 2.79. The second-order valence-electron chi connectivity index (χ2n) is 6.47. The first-order valence-electron chi connectivity index (χ1n) is 9.54. The maximum atomic E-state index is 13.0. The molecule has 0 radical (unpaired) electrons. The third-order valence-corrected chi connectivity index (χ3v) is 4.36. The number of pyridine rings is 1. The van der Waals surface area contributed by atoms with Gasteiger partial charge in [0.25, 0.3) is 0 Å². The lowest BCUT2D eigenvalue weighted by atomic mass is 10.1. The first kappa shape index (κ1) is 23.6. The molecule has 0 saturated heterocycles. The summed E-state index contributed by atoms with van der Waals surface area (Å²) in [6, 6.07) is 20.4. The number of aromatic nitrogens is 1. The van der Waals surface area contributed by atoms with E-state index >= 15 is 0 Å². The average molecular weight is 520 g/mol. The molecule has 0 unspecified atom stereocenters. The third-order valence-electron chi connectivity index (χ3n) is 4.36. The summed E-state index contributed by atoms with van der Waals surface area (Å²) in [7, 11) is 1.73. The SMILES string of the molecule is CN=C(NCCc1ccc(F)cc1)NCc1cccnc1OCc1ccccc1.I. The van der Waals surface area contributed by atoms with Crippen LogP contribution in [0.3, 0.4) is 0 Å². The molecule has 0 saturated carbocycles. The van der Waals surface area contributed by atoms with Crippen LogP contribution < -0.4 is 15.4 Å². The van der Waals surface area contributed by atoms with E-state index in [9.17, 15) is 4.39 Å². The fourth-order valence-corrected chi connectivity index (χ4v) is 2.79. The maximum absolute atomic E-state index is 13.0. The third kappa shape index (κ3) is 7.62. The molecule has 158 valence electrons. The molecule has 1 heterocycles. The van der Waals surface area contributed by atoms with Gasteiger partial charge < -0.3 is 15.4 Å². The summed E-state index contributed by atoms with van der Waals surface area (Å²) in [5.74, 6) is 1.07. The normalized spacial score (nSPS) is 10.8. The van der Waals surface area contributed by atoms with Crippen LogP contribution in [0.2, 0.25) is 0 Å². The van der Waals surface area contributed by atoms with Crippen molar-refractivity contribution in [3.8, 4) is 5.88 Å². The van der Waals surface area contributed by atoms with E-state index < -0.39 is 0 Å². The summed E-state index contributed by atoms with van der Waals surface area (Å²) in [6.45, 7) is 1.69. The average Bonchev–Trinajstić information content (AvgIpc) is 2.77. The minimum Gasteiger partial charge on any atom is -0.473 e. The highest BCUT2D eigenvalue weighted by atomic mass is 127. The van der Waals surface area contributed by atoms with Crippen LogP contribution in [0.1, 0.15) is 16.7 Å². The van der Waals surface area contributed by atoms with Crippen molar-refractivity contribution in [2.45, 2.75) is 19.6 Å². The Kier molecular flexibility index (Phi) is 10.1. The van der Waals surface area contributed by atoms with E-state index in [1.54, 1.807) is 25.4 Å². The van der Waals surface area contributed by atoms with Crippen LogP contribution >= 0.6 is 24.0 Å². The molecule has 0 atom stereocenters. The van der Waals surface area contributed by atoms with Gasteiger partial charge in [-0.2, -0.15) is 0 Å². The number of rotatable bonds is 8. The highest BCUT2D eigenvalue weighted by Crippen LogP contribution is 2.15. The van der Waals surface area contributed by atoms with Crippen LogP contribution in [0.15, 0.2) is 77.9 Å². The summed E-state index contributed by atoms with van der Waals surface area (Å²) >= 11 is 0. The maximum Gasteiger partial charge on any atom is 0.218 e. The summed E-state index contributed by atoms with van der Waals surface area (Å²) in [4.78, 5) is 8.60. The molecule has 30 heavy (non-hydrogen) atoms.